The zero-order valence-electron chi connectivity index (χ0n) is 11.0. The van der Waals surface area contributed by atoms with Crippen molar-refractivity contribution in [3.63, 3.8) is 0 Å². The van der Waals surface area contributed by atoms with E-state index in [9.17, 15) is 4.79 Å². The number of carbonyl (C=O) groups excluding carboxylic acids is 1. The predicted molar refractivity (Wildman–Crippen MR) is 78.7 cm³/mol. The van der Waals surface area contributed by atoms with Crippen LogP contribution in [0.3, 0.4) is 0 Å². The van der Waals surface area contributed by atoms with Gasteiger partial charge in [-0.3, -0.25) is 9.78 Å². The van der Waals surface area contributed by atoms with Gasteiger partial charge in [-0.1, -0.05) is 24.3 Å². The summed E-state index contributed by atoms with van der Waals surface area (Å²) < 4.78 is 0. The molecule has 0 fully saturated rings. The third-order valence-electron chi connectivity index (χ3n) is 3.11. The minimum absolute atomic E-state index is 0.0237. The molecule has 1 amide bonds. The Labute approximate surface area is 118 Å². The highest BCUT2D eigenvalue weighted by atomic mass is 35.5. The molecule has 2 aromatic rings. The van der Waals surface area contributed by atoms with Gasteiger partial charge in [0.05, 0.1) is 0 Å². The minimum atomic E-state index is -0.0237. The van der Waals surface area contributed by atoms with Crippen molar-refractivity contribution in [3.05, 3.63) is 42.2 Å². The Morgan fingerprint density at radius 2 is 2.11 bits per heavy atom. The van der Waals surface area contributed by atoms with Gasteiger partial charge in [-0.2, -0.15) is 0 Å². The van der Waals surface area contributed by atoms with Gasteiger partial charge in [0.15, 0.2) is 0 Å². The second-order valence-corrected chi connectivity index (χ2v) is 4.69. The van der Waals surface area contributed by atoms with Gasteiger partial charge in [-0.25, -0.2) is 0 Å². The van der Waals surface area contributed by atoms with Gasteiger partial charge in [0.25, 0.3) is 5.91 Å². The Kier molecular flexibility index (Phi) is 4.74. The highest BCUT2D eigenvalue weighted by molar-refractivity contribution is 6.17. The summed E-state index contributed by atoms with van der Waals surface area (Å²) in [5.74, 6) is 0.539. The van der Waals surface area contributed by atoms with E-state index in [1.54, 1.807) is 11.1 Å². The second-order valence-electron chi connectivity index (χ2n) is 4.31. The van der Waals surface area contributed by atoms with Crippen molar-refractivity contribution in [1.82, 2.24) is 9.88 Å². The highest BCUT2D eigenvalue weighted by Gasteiger charge is 2.17. The maximum atomic E-state index is 12.5. The molecule has 0 aliphatic heterocycles. The first-order valence-electron chi connectivity index (χ1n) is 6.47. The number of hydrogen-bond donors (Lipinski definition) is 0. The molecule has 0 spiro atoms. The van der Waals surface area contributed by atoms with Crippen LogP contribution < -0.4 is 0 Å². The number of rotatable bonds is 5. The summed E-state index contributed by atoms with van der Waals surface area (Å²) >= 11 is 5.69. The van der Waals surface area contributed by atoms with Crippen LogP contribution in [0.15, 0.2) is 36.5 Å². The number of alkyl halides is 1. The van der Waals surface area contributed by atoms with E-state index in [0.717, 1.165) is 17.2 Å². The van der Waals surface area contributed by atoms with Crippen LogP contribution in [0.1, 0.15) is 23.8 Å². The van der Waals surface area contributed by atoms with E-state index in [4.69, 9.17) is 11.6 Å². The zero-order valence-corrected chi connectivity index (χ0v) is 11.7. The summed E-state index contributed by atoms with van der Waals surface area (Å²) in [7, 11) is 0. The van der Waals surface area contributed by atoms with Crippen LogP contribution in [0, 0.1) is 0 Å². The van der Waals surface area contributed by atoms with Crippen molar-refractivity contribution in [1.29, 1.82) is 0 Å². The van der Waals surface area contributed by atoms with Gasteiger partial charge >= 0.3 is 0 Å². The van der Waals surface area contributed by atoms with Crippen molar-refractivity contribution < 1.29 is 4.79 Å². The maximum Gasteiger partial charge on any atom is 0.273 e. The molecular formula is C15H17ClN2O. The van der Waals surface area contributed by atoms with Crippen molar-refractivity contribution in [2.75, 3.05) is 19.0 Å². The van der Waals surface area contributed by atoms with E-state index in [1.807, 2.05) is 37.3 Å². The first-order valence-corrected chi connectivity index (χ1v) is 7.00. The quantitative estimate of drug-likeness (QED) is 0.785. The van der Waals surface area contributed by atoms with Gasteiger partial charge < -0.3 is 4.90 Å². The van der Waals surface area contributed by atoms with Gasteiger partial charge in [0, 0.05) is 30.6 Å². The average molecular weight is 277 g/mol. The van der Waals surface area contributed by atoms with E-state index in [1.165, 1.54) is 0 Å². The molecule has 0 aliphatic rings. The minimum Gasteiger partial charge on any atom is -0.338 e. The molecule has 0 aliphatic carbocycles. The Bertz CT molecular complexity index is 566. The summed E-state index contributed by atoms with van der Waals surface area (Å²) in [5, 5.41) is 1.94. The summed E-state index contributed by atoms with van der Waals surface area (Å²) in [4.78, 5) is 18.6. The maximum absolute atomic E-state index is 12.5. The highest BCUT2D eigenvalue weighted by Crippen LogP contribution is 2.17. The number of carbonyl (C=O) groups is 1. The number of halogens is 1. The summed E-state index contributed by atoms with van der Waals surface area (Å²) in [6.45, 7) is 3.31. The lowest BCUT2D eigenvalue weighted by Gasteiger charge is -2.20. The molecule has 0 saturated carbocycles. The van der Waals surface area contributed by atoms with Crippen LogP contribution >= 0.6 is 11.6 Å². The largest absolute Gasteiger partial charge is 0.338 e. The molecule has 0 saturated heterocycles. The van der Waals surface area contributed by atoms with E-state index in [2.05, 4.69) is 4.98 Å². The smallest absolute Gasteiger partial charge is 0.273 e. The molecule has 1 heterocycles. The Balaban J connectivity index is 2.35. The van der Waals surface area contributed by atoms with Crippen LogP contribution in [-0.4, -0.2) is 34.8 Å². The molecule has 100 valence electrons. The number of benzene rings is 1. The molecule has 3 nitrogen and oxygen atoms in total. The van der Waals surface area contributed by atoms with Crippen LogP contribution in [0.4, 0.5) is 0 Å². The van der Waals surface area contributed by atoms with Gasteiger partial charge in [0.1, 0.15) is 5.69 Å². The number of pyridine rings is 1. The fraction of sp³-hybridized carbons (Fsp3) is 0.333. The van der Waals surface area contributed by atoms with Crippen LogP contribution in [0.2, 0.25) is 0 Å². The molecule has 2 rings (SSSR count). The predicted octanol–water partition coefficient (Wildman–Crippen LogP) is 3.33. The first kappa shape index (κ1) is 13.8. The number of hydrogen-bond acceptors (Lipinski definition) is 2. The third kappa shape index (κ3) is 3.04. The molecular weight excluding hydrogens is 260 g/mol. The van der Waals surface area contributed by atoms with Gasteiger partial charge in [-0.05, 0) is 24.8 Å². The van der Waals surface area contributed by atoms with Gasteiger partial charge in [0.2, 0.25) is 0 Å². The monoisotopic (exact) mass is 276 g/mol. The topological polar surface area (TPSA) is 33.2 Å². The van der Waals surface area contributed by atoms with Crippen LogP contribution in [0.5, 0.6) is 0 Å². The SMILES string of the molecule is CCN(CCCCl)C(=O)c1nccc2ccccc12. The van der Waals surface area contributed by atoms with Crippen molar-refractivity contribution >= 4 is 28.3 Å². The van der Waals surface area contributed by atoms with Crippen molar-refractivity contribution in [3.8, 4) is 0 Å². The Morgan fingerprint density at radius 1 is 1.32 bits per heavy atom. The number of amides is 1. The number of nitrogens with zero attached hydrogens (tertiary/aromatic N) is 2. The average Bonchev–Trinajstić information content (AvgIpc) is 2.47. The molecule has 1 aromatic carbocycles. The fourth-order valence-corrected chi connectivity index (χ4v) is 2.21. The second kappa shape index (κ2) is 6.53. The lowest BCUT2D eigenvalue weighted by Crippen LogP contribution is -2.32. The number of aromatic nitrogens is 1. The van der Waals surface area contributed by atoms with E-state index in [0.29, 0.717) is 24.7 Å². The summed E-state index contributed by atoms with van der Waals surface area (Å²) in [5.41, 5.74) is 0.523. The molecule has 1 aromatic heterocycles. The summed E-state index contributed by atoms with van der Waals surface area (Å²) in [6.07, 6.45) is 2.48. The normalized spacial score (nSPS) is 10.6. The number of fused-ring (bicyclic) bond motifs is 1. The van der Waals surface area contributed by atoms with Crippen LogP contribution in [0.25, 0.3) is 10.8 Å². The van der Waals surface area contributed by atoms with Crippen LogP contribution in [-0.2, 0) is 0 Å². The third-order valence-corrected chi connectivity index (χ3v) is 3.37. The molecule has 4 heteroatoms. The summed E-state index contributed by atoms with van der Waals surface area (Å²) in [6, 6.07) is 9.73. The Morgan fingerprint density at radius 3 is 2.84 bits per heavy atom. The lowest BCUT2D eigenvalue weighted by atomic mass is 10.1. The van der Waals surface area contributed by atoms with Crippen molar-refractivity contribution in [2.24, 2.45) is 0 Å². The van der Waals surface area contributed by atoms with E-state index >= 15 is 0 Å². The molecule has 0 atom stereocenters. The van der Waals surface area contributed by atoms with Crippen molar-refractivity contribution in [2.45, 2.75) is 13.3 Å². The first-order chi connectivity index (χ1) is 9.27. The molecule has 0 bridgehead atoms. The Hall–Kier alpha value is -1.61. The van der Waals surface area contributed by atoms with E-state index in [-0.39, 0.29) is 5.91 Å². The van der Waals surface area contributed by atoms with E-state index < -0.39 is 0 Å². The molecule has 0 unspecified atom stereocenters. The zero-order chi connectivity index (χ0) is 13.7. The fourth-order valence-electron chi connectivity index (χ4n) is 2.09. The standard InChI is InChI=1S/C15H17ClN2O/c1-2-18(11-5-9-16)15(19)14-13-7-4-3-6-12(13)8-10-17-14/h3-4,6-8,10H,2,5,9,11H2,1H3. The molecule has 0 radical (unpaired) electrons. The lowest BCUT2D eigenvalue weighted by molar-refractivity contribution is 0.0761. The molecule has 0 N–H and O–H groups in total. The molecule has 19 heavy (non-hydrogen) atoms. The van der Waals surface area contributed by atoms with Gasteiger partial charge in [-0.15, -0.1) is 11.6 Å².